The van der Waals surface area contributed by atoms with Gasteiger partial charge in [-0.3, -0.25) is 4.79 Å². The van der Waals surface area contributed by atoms with E-state index in [1.165, 1.54) is 0 Å². The van der Waals surface area contributed by atoms with E-state index in [4.69, 9.17) is 9.47 Å². The summed E-state index contributed by atoms with van der Waals surface area (Å²) in [6.45, 7) is 1.31. The summed E-state index contributed by atoms with van der Waals surface area (Å²) in [6.07, 6.45) is 10.7. The minimum atomic E-state index is -0.381. The minimum Gasteiger partial charge on any atom is -0.494 e. The van der Waals surface area contributed by atoms with Gasteiger partial charge in [-0.2, -0.15) is 0 Å². The summed E-state index contributed by atoms with van der Waals surface area (Å²) < 4.78 is 12.0. The van der Waals surface area contributed by atoms with Crippen LogP contribution in [0, 0.1) is 0 Å². The standard InChI is InChI=1S/C13H15BrO3/c14-11-2-1-7-17-13(5-8-16-9-6-13)10-12(15)4-3-11/h1-4,7H,5-6,8-10H2/b4-3+,7-1+,11-2+. The Bertz CT molecular complexity index is 376. The lowest BCUT2D eigenvalue weighted by Crippen LogP contribution is -2.39. The van der Waals surface area contributed by atoms with Gasteiger partial charge in [0.25, 0.3) is 0 Å². The zero-order valence-electron chi connectivity index (χ0n) is 9.52. The number of carbonyl (C=O) groups is 1. The van der Waals surface area contributed by atoms with Crippen molar-refractivity contribution in [2.24, 2.45) is 0 Å². The van der Waals surface area contributed by atoms with E-state index in [2.05, 4.69) is 15.9 Å². The Labute approximate surface area is 109 Å². The number of hydrogen-bond donors (Lipinski definition) is 0. The van der Waals surface area contributed by atoms with Gasteiger partial charge in [0, 0.05) is 17.3 Å². The summed E-state index contributed by atoms with van der Waals surface area (Å²) in [5, 5.41) is 0. The Morgan fingerprint density at radius 3 is 2.76 bits per heavy atom. The number of carbonyl (C=O) groups excluding carboxylic acids is 1. The third-order valence-corrected chi connectivity index (χ3v) is 3.51. The average Bonchev–Trinajstić information content (AvgIpc) is 2.33. The first kappa shape index (κ1) is 12.6. The van der Waals surface area contributed by atoms with Gasteiger partial charge in [0.1, 0.15) is 5.60 Å². The van der Waals surface area contributed by atoms with Crippen LogP contribution in [0.2, 0.25) is 0 Å². The van der Waals surface area contributed by atoms with Crippen molar-refractivity contribution < 1.29 is 14.3 Å². The van der Waals surface area contributed by atoms with Crippen LogP contribution in [0.5, 0.6) is 0 Å². The third kappa shape index (κ3) is 3.54. The fraction of sp³-hybridized carbons (Fsp3) is 0.462. The Morgan fingerprint density at radius 2 is 2.00 bits per heavy atom. The van der Waals surface area contributed by atoms with E-state index in [0.29, 0.717) is 19.6 Å². The van der Waals surface area contributed by atoms with Crippen molar-refractivity contribution in [3.05, 3.63) is 35.0 Å². The predicted octanol–water partition coefficient (Wildman–Crippen LogP) is 2.87. The second kappa shape index (κ2) is 5.65. The Kier molecular flexibility index (Phi) is 4.18. The van der Waals surface area contributed by atoms with Crippen LogP contribution in [-0.4, -0.2) is 24.6 Å². The van der Waals surface area contributed by atoms with Crippen LogP contribution < -0.4 is 0 Å². The van der Waals surface area contributed by atoms with Gasteiger partial charge in [-0.15, -0.1) is 0 Å². The highest BCUT2D eigenvalue weighted by atomic mass is 79.9. The fourth-order valence-corrected chi connectivity index (χ4v) is 2.28. The van der Waals surface area contributed by atoms with Crippen LogP contribution >= 0.6 is 15.9 Å². The first-order chi connectivity index (χ1) is 8.20. The second-order valence-corrected chi connectivity index (χ2v) is 5.19. The molecule has 4 heteroatoms. The molecule has 2 aliphatic rings. The molecule has 0 saturated carbocycles. The van der Waals surface area contributed by atoms with E-state index < -0.39 is 0 Å². The van der Waals surface area contributed by atoms with E-state index in [1.807, 2.05) is 12.2 Å². The van der Waals surface area contributed by atoms with Crippen LogP contribution in [-0.2, 0) is 14.3 Å². The average molecular weight is 299 g/mol. The predicted molar refractivity (Wildman–Crippen MR) is 68.8 cm³/mol. The monoisotopic (exact) mass is 298 g/mol. The summed E-state index contributed by atoms with van der Waals surface area (Å²) in [7, 11) is 0. The van der Waals surface area contributed by atoms with Gasteiger partial charge in [0.15, 0.2) is 5.78 Å². The lowest BCUT2D eigenvalue weighted by molar-refractivity contribution is -0.125. The molecule has 0 unspecified atom stereocenters. The Hall–Kier alpha value is -0.870. The van der Waals surface area contributed by atoms with Crippen molar-refractivity contribution in [2.75, 3.05) is 13.2 Å². The maximum atomic E-state index is 11.8. The lowest BCUT2D eigenvalue weighted by Gasteiger charge is -2.35. The molecule has 1 spiro atoms. The molecule has 2 heterocycles. The summed E-state index contributed by atoms with van der Waals surface area (Å²) in [5.41, 5.74) is -0.381. The first-order valence-electron chi connectivity index (χ1n) is 5.69. The summed E-state index contributed by atoms with van der Waals surface area (Å²) in [6, 6.07) is 0. The molecule has 1 fully saturated rings. The van der Waals surface area contributed by atoms with Crippen molar-refractivity contribution in [3.8, 4) is 0 Å². The zero-order valence-corrected chi connectivity index (χ0v) is 11.1. The molecular formula is C13H15BrO3. The fourth-order valence-electron chi connectivity index (χ4n) is 2.00. The van der Waals surface area contributed by atoms with E-state index in [0.717, 1.165) is 17.3 Å². The molecule has 0 N–H and O–H groups in total. The molecule has 0 radical (unpaired) electrons. The molecule has 0 aliphatic carbocycles. The number of ketones is 1. The summed E-state index contributed by atoms with van der Waals surface area (Å²) in [5.74, 6) is 0.0903. The maximum absolute atomic E-state index is 11.8. The van der Waals surface area contributed by atoms with Gasteiger partial charge < -0.3 is 9.47 Å². The van der Waals surface area contributed by atoms with Gasteiger partial charge in [0.2, 0.25) is 0 Å². The van der Waals surface area contributed by atoms with E-state index in [9.17, 15) is 4.79 Å². The van der Waals surface area contributed by atoms with E-state index >= 15 is 0 Å². The third-order valence-electron chi connectivity index (χ3n) is 2.98. The van der Waals surface area contributed by atoms with Crippen LogP contribution in [0.25, 0.3) is 0 Å². The van der Waals surface area contributed by atoms with Crippen molar-refractivity contribution in [3.63, 3.8) is 0 Å². The first-order valence-corrected chi connectivity index (χ1v) is 6.48. The van der Waals surface area contributed by atoms with Crippen molar-refractivity contribution in [1.82, 2.24) is 0 Å². The van der Waals surface area contributed by atoms with Crippen LogP contribution in [0.15, 0.2) is 35.0 Å². The molecule has 0 atom stereocenters. The minimum absolute atomic E-state index is 0.0903. The smallest absolute Gasteiger partial charge is 0.159 e. The summed E-state index contributed by atoms with van der Waals surface area (Å²) in [4.78, 5) is 11.8. The van der Waals surface area contributed by atoms with E-state index in [-0.39, 0.29) is 11.4 Å². The highest BCUT2D eigenvalue weighted by molar-refractivity contribution is 9.11. The molecule has 2 aliphatic heterocycles. The van der Waals surface area contributed by atoms with Crippen molar-refractivity contribution in [2.45, 2.75) is 24.9 Å². The van der Waals surface area contributed by atoms with Crippen molar-refractivity contribution in [1.29, 1.82) is 0 Å². The second-order valence-electron chi connectivity index (χ2n) is 4.27. The van der Waals surface area contributed by atoms with Crippen LogP contribution in [0.3, 0.4) is 0 Å². The van der Waals surface area contributed by atoms with E-state index in [1.54, 1.807) is 18.4 Å². The number of halogens is 1. The largest absolute Gasteiger partial charge is 0.494 e. The quantitative estimate of drug-likeness (QED) is 0.690. The molecule has 1 saturated heterocycles. The van der Waals surface area contributed by atoms with Crippen LogP contribution in [0.4, 0.5) is 0 Å². The SMILES string of the molecule is O=C1/C=C/C(Br)=C\C=C\OC2(CCOCC2)C1. The van der Waals surface area contributed by atoms with Gasteiger partial charge >= 0.3 is 0 Å². The van der Waals surface area contributed by atoms with Gasteiger partial charge in [-0.05, 0) is 24.3 Å². The molecule has 0 amide bonds. The number of rotatable bonds is 0. The number of ether oxygens (including phenoxy) is 2. The highest BCUT2D eigenvalue weighted by Crippen LogP contribution is 2.30. The Balaban J connectivity index is 2.19. The molecule has 2 rings (SSSR count). The number of allylic oxidation sites excluding steroid dienone is 5. The summed E-state index contributed by atoms with van der Waals surface area (Å²) >= 11 is 3.34. The molecule has 17 heavy (non-hydrogen) atoms. The molecule has 0 aromatic carbocycles. The molecule has 0 aromatic rings. The molecule has 0 bridgehead atoms. The molecule has 92 valence electrons. The highest BCUT2D eigenvalue weighted by Gasteiger charge is 2.35. The van der Waals surface area contributed by atoms with Crippen LogP contribution in [0.1, 0.15) is 19.3 Å². The van der Waals surface area contributed by atoms with Gasteiger partial charge in [-0.1, -0.05) is 15.9 Å². The van der Waals surface area contributed by atoms with Gasteiger partial charge in [0.05, 0.1) is 25.9 Å². The number of hydrogen-bond acceptors (Lipinski definition) is 3. The topological polar surface area (TPSA) is 35.5 Å². The molecule has 3 nitrogen and oxygen atoms in total. The normalized spacial score (nSPS) is 31.1. The maximum Gasteiger partial charge on any atom is 0.159 e. The molecule has 0 aromatic heterocycles. The molecular weight excluding hydrogens is 284 g/mol. The van der Waals surface area contributed by atoms with Gasteiger partial charge in [-0.25, -0.2) is 0 Å². The van der Waals surface area contributed by atoms with Crippen molar-refractivity contribution >= 4 is 21.7 Å². The zero-order chi connectivity index (χ0) is 12.1. The Morgan fingerprint density at radius 1 is 1.24 bits per heavy atom. The lowest BCUT2D eigenvalue weighted by atomic mass is 9.88.